The molecule has 8 heteroatoms. The molecule has 0 bridgehead atoms. The zero-order valence-corrected chi connectivity index (χ0v) is 19.5. The SMILES string of the molecule is CS(=O)(=O)N1Cc2ccc(CCCN3CCN(c4nsc5ccccc45)CC3)cc2C1. The van der Waals surface area contributed by atoms with Gasteiger partial charge in [-0.25, -0.2) is 8.42 Å². The number of aromatic nitrogens is 1. The molecule has 0 spiro atoms. The highest BCUT2D eigenvalue weighted by molar-refractivity contribution is 7.88. The highest BCUT2D eigenvalue weighted by Crippen LogP contribution is 2.30. The van der Waals surface area contributed by atoms with E-state index in [1.807, 2.05) is 0 Å². The lowest BCUT2D eigenvalue weighted by Gasteiger charge is -2.35. The van der Waals surface area contributed by atoms with E-state index in [1.165, 1.54) is 21.9 Å². The molecule has 3 heterocycles. The first kappa shape index (κ1) is 20.9. The van der Waals surface area contributed by atoms with Gasteiger partial charge >= 0.3 is 0 Å². The molecule has 2 aliphatic heterocycles. The Morgan fingerprint density at radius 1 is 1.00 bits per heavy atom. The summed E-state index contributed by atoms with van der Waals surface area (Å²) in [6.07, 6.45) is 3.44. The Morgan fingerprint density at radius 3 is 2.58 bits per heavy atom. The summed E-state index contributed by atoms with van der Waals surface area (Å²) in [6.45, 7) is 6.29. The largest absolute Gasteiger partial charge is 0.353 e. The van der Waals surface area contributed by atoms with E-state index in [4.69, 9.17) is 4.37 Å². The van der Waals surface area contributed by atoms with E-state index in [0.29, 0.717) is 13.1 Å². The summed E-state index contributed by atoms with van der Waals surface area (Å²) in [7, 11) is -3.13. The first-order valence-corrected chi connectivity index (χ1v) is 13.5. The number of anilines is 1. The molecule has 1 aromatic heterocycles. The maximum atomic E-state index is 11.8. The molecule has 164 valence electrons. The number of aryl methyl sites for hydroxylation is 1. The molecule has 0 radical (unpaired) electrons. The van der Waals surface area contributed by atoms with Gasteiger partial charge in [-0.1, -0.05) is 30.3 Å². The van der Waals surface area contributed by atoms with Crippen LogP contribution in [0.15, 0.2) is 42.5 Å². The molecule has 0 N–H and O–H groups in total. The molecular weight excluding hydrogens is 428 g/mol. The van der Waals surface area contributed by atoms with Gasteiger partial charge in [-0.2, -0.15) is 8.68 Å². The molecule has 0 amide bonds. The van der Waals surface area contributed by atoms with E-state index in [2.05, 4.69) is 52.3 Å². The molecule has 0 unspecified atom stereocenters. The molecule has 2 aliphatic rings. The minimum absolute atomic E-state index is 0.507. The van der Waals surface area contributed by atoms with Crippen molar-refractivity contribution in [1.82, 2.24) is 13.6 Å². The highest BCUT2D eigenvalue weighted by Gasteiger charge is 2.26. The van der Waals surface area contributed by atoms with Gasteiger partial charge in [0.25, 0.3) is 0 Å². The Morgan fingerprint density at radius 2 is 1.77 bits per heavy atom. The van der Waals surface area contributed by atoms with Gasteiger partial charge in [-0.15, -0.1) is 0 Å². The van der Waals surface area contributed by atoms with Crippen molar-refractivity contribution in [3.63, 3.8) is 0 Å². The lowest BCUT2D eigenvalue weighted by molar-refractivity contribution is 0.255. The van der Waals surface area contributed by atoms with Crippen molar-refractivity contribution in [2.75, 3.05) is 43.9 Å². The fourth-order valence-corrected chi connectivity index (χ4v) is 6.14. The molecule has 3 aromatic rings. The summed E-state index contributed by atoms with van der Waals surface area (Å²) in [4.78, 5) is 4.97. The maximum Gasteiger partial charge on any atom is 0.211 e. The van der Waals surface area contributed by atoms with Crippen molar-refractivity contribution >= 4 is 37.5 Å². The van der Waals surface area contributed by atoms with Crippen LogP contribution in [0.2, 0.25) is 0 Å². The summed E-state index contributed by atoms with van der Waals surface area (Å²) < 4.78 is 31.1. The van der Waals surface area contributed by atoms with E-state index in [-0.39, 0.29) is 0 Å². The molecule has 5 rings (SSSR count). The second kappa shape index (κ2) is 8.50. The molecule has 2 aromatic carbocycles. The minimum Gasteiger partial charge on any atom is -0.353 e. The van der Waals surface area contributed by atoms with Crippen LogP contribution in [0.3, 0.4) is 0 Å². The smallest absolute Gasteiger partial charge is 0.211 e. The second-order valence-corrected chi connectivity index (χ2v) is 11.4. The number of nitrogens with zero attached hydrogens (tertiary/aromatic N) is 4. The topological polar surface area (TPSA) is 56.8 Å². The van der Waals surface area contributed by atoms with Crippen LogP contribution in [0.25, 0.3) is 10.1 Å². The van der Waals surface area contributed by atoms with Gasteiger partial charge in [-0.3, -0.25) is 4.90 Å². The molecule has 31 heavy (non-hydrogen) atoms. The Bertz CT molecular complexity index is 1180. The van der Waals surface area contributed by atoms with Gasteiger partial charge in [0.1, 0.15) is 5.82 Å². The van der Waals surface area contributed by atoms with Gasteiger partial charge in [0, 0.05) is 44.7 Å². The van der Waals surface area contributed by atoms with Crippen LogP contribution in [0.5, 0.6) is 0 Å². The monoisotopic (exact) mass is 456 g/mol. The van der Waals surface area contributed by atoms with E-state index in [9.17, 15) is 8.42 Å². The van der Waals surface area contributed by atoms with Crippen LogP contribution in [0.1, 0.15) is 23.1 Å². The van der Waals surface area contributed by atoms with Crippen molar-refractivity contribution in [3.8, 4) is 0 Å². The number of hydrogen-bond donors (Lipinski definition) is 0. The second-order valence-electron chi connectivity index (χ2n) is 8.57. The summed E-state index contributed by atoms with van der Waals surface area (Å²) in [5, 5.41) is 1.27. The number of sulfonamides is 1. The molecular formula is C23H28N4O2S2. The summed E-state index contributed by atoms with van der Waals surface area (Å²) in [6, 6.07) is 14.9. The van der Waals surface area contributed by atoms with Crippen LogP contribution in [0.4, 0.5) is 5.82 Å². The number of hydrogen-bond acceptors (Lipinski definition) is 6. The summed E-state index contributed by atoms with van der Waals surface area (Å²) >= 11 is 1.59. The zero-order chi connectivity index (χ0) is 21.4. The fraction of sp³-hybridized carbons (Fsp3) is 0.435. The third kappa shape index (κ3) is 4.48. The van der Waals surface area contributed by atoms with Crippen molar-refractivity contribution < 1.29 is 8.42 Å². The van der Waals surface area contributed by atoms with Gasteiger partial charge in [0.2, 0.25) is 10.0 Å². The molecule has 0 saturated carbocycles. The molecule has 1 saturated heterocycles. The number of benzene rings is 2. The van der Waals surface area contributed by atoms with Gasteiger partial charge in [0.15, 0.2) is 0 Å². The Labute approximate surface area is 188 Å². The Balaban J connectivity index is 1.11. The number of fused-ring (bicyclic) bond motifs is 2. The standard InChI is InChI=1S/C23H28N4O2S2/c1-31(28,29)27-16-19-9-8-18(15-20(19)17-27)5-4-10-25-11-13-26(14-12-25)23-21-6-2-3-7-22(21)30-24-23/h2-3,6-9,15H,4-5,10-14,16-17H2,1H3. The number of piperazine rings is 1. The third-order valence-electron chi connectivity index (χ3n) is 6.40. The van der Waals surface area contributed by atoms with Crippen LogP contribution in [-0.2, 0) is 29.5 Å². The lowest BCUT2D eigenvalue weighted by Crippen LogP contribution is -2.46. The van der Waals surface area contributed by atoms with E-state index in [1.54, 1.807) is 15.8 Å². The maximum absolute atomic E-state index is 11.8. The normalized spacial score (nSPS) is 18.0. The minimum atomic E-state index is -3.13. The average Bonchev–Trinajstić information content (AvgIpc) is 3.38. The van der Waals surface area contributed by atoms with Gasteiger partial charge < -0.3 is 4.90 Å². The van der Waals surface area contributed by atoms with Gasteiger partial charge in [-0.05, 0) is 59.7 Å². The van der Waals surface area contributed by atoms with Crippen LogP contribution in [-0.4, -0.2) is 61.0 Å². The van der Waals surface area contributed by atoms with Crippen LogP contribution >= 0.6 is 11.5 Å². The zero-order valence-electron chi connectivity index (χ0n) is 17.8. The summed E-state index contributed by atoms with van der Waals surface area (Å²) in [5.74, 6) is 1.14. The lowest BCUT2D eigenvalue weighted by atomic mass is 10.0. The molecule has 6 nitrogen and oxygen atoms in total. The third-order valence-corrected chi connectivity index (χ3v) is 8.42. The van der Waals surface area contributed by atoms with Crippen LogP contribution in [0, 0.1) is 0 Å². The highest BCUT2D eigenvalue weighted by atomic mass is 32.2. The molecule has 0 atom stereocenters. The van der Waals surface area contributed by atoms with E-state index in [0.717, 1.165) is 62.5 Å². The van der Waals surface area contributed by atoms with Gasteiger partial charge in [0.05, 0.1) is 11.0 Å². The Hall–Kier alpha value is -2.00. The van der Waals surface area contributed by atoms with Crippen molar-refractivity contribution in [2.24, 2.45) is 0 Å². The predicted octanol–water partition coefficient (Wildman–Crippen LogP) is 3.33. The first-order valence-electron chi connectivity index (χ1n) is 10.8. The molecule has 1 fully saturated rings. The average molecular weight is 457 g/mol. The summed E-state index contributed by atoms with van der Waals surface area (Å²) in [5.41, 5.74) is 3.61. The van der Waals surface area contributed by atoms with E-state index >= 15 is 0 Å². The van der Waals surface area contributed by atoms with Crippen molar-refractivity contribution in [3.05, 3.63) is 59.2 Å². The first-order chi connectivity index (χ1) is 15.0. The number of rotatable bonds is 6. The quantitative estimate of drug-likeness (QED) is 0.570. The predicted molar refractivity (Wildman–Crippen MR) is 127 cm³/mol. The molecule has 0 aliphatic carbocycles. The van der Waals surface area contributed by atoms with Crippen LogP contribution < -0.4 is 4.90 Å². The fourth-order valence-electron chi connectivity index (χ4n) is 4.60. The van der Waals surface area contributed by atoms with Crippen molar-refractivity contribution in [2.45, 2.75) is 25.9 Å². The Kier molecular flexibility index (Phi) is 5.73. The van der Waals surface area contributed by atoms with E-state index < -0.39 is 10.0 Å². The van der Waals surface area contributed by atoms with Crippen molar-refractivity contribution in [1.29, 1.82) is 0 Å².